The van der Waals surface area contributed by atoms with Gasteiger partial charge in [0.2, 0.25) is 0 Å². The van der Waals surface area contributed by atoms with Crippen LogP contribution in [0.1, 0.15) is 22.6 Å². The zero-order valence-electron chi connectivity index (χ0n) is 15.0. The Labute approximate surface area is 156 Å². The zero-order chi connectivity index (χ0) is 19.2. The van der Waals surface area contributed by atoms with Gasteiger partial charge in [-0.25, -0.2) is 9.78 Å². The second-order valence-electron chi connectivity index (χ2n) is 6.15. The maximum Gasteiger partial charge on any atom is 0.341 e. The molecule has 0 aliphatic carbocycles. The van der Waals surface area contributed by atoms with Gasteiger partial charge in [-0.05, 0) is 36.8 Å². The van der Waals surface area contributed by atoms with Gasteiger partial charge in [0.05, 0.1) is 11.0 Å². The number of carbonyl (C=O) groups excluding carboxylic acids is 1. The largest absolute Gasteiger partial charge is 0.482 e. The molecule has 0 radical (unpaired) electrons. The Morgan fingerprint density at radius 3 is 2.78 bits per heavy atom. The van der Waals surface area contributed by atoms with E-state index >= 15 is 0 Å². The number of ether oxygens (including phenoxy) is 1. The van der Waals surface area contributed by atoms with E-state index in [2.05, 4.69) is 14.9 Å². The molecule has 140 valence electrons. The van der Waals surface area contributed by atoms with Gasteiger partial charge >= 0.3 is 5.97 Å². The summed E-state index contributed by atoms with van der Waals surface area (Å²) in [5.41, 5.74) is 2.49. The minimum atomic E-state index is -1.06. The van der Waals surface area contributed by atoms with E-state index in [1.807, 2.05) is 31.3 Å². The van der Waals surface area contributed by atoms with E-state index in [9.17, 15) is 9.59 Å². The molecule has 0 unspecified atom stereocenters. The molecule has 1 heterocycles. The summed E-state index contributed by atoms with van der Waals surface area (Å²) in [7, 11) is 1.99. The lowest BCUT2D eigenvalue weighted by Crippen LogP contribution is -2.25. The predicted molar refractivity (Wildman–Crippen MR) is 101 cm³/mol. The molecule has 0 fully saturated rings. The summed E-state index contributed by atoms with van der Waals surface area (Å²) in [4.78, 5) is 27.4. The van der Waals surface area contributed by atoms with Crippen molar-refractivity contribution in [2.45, 2.75) is 12.8 Å². The first-order valence-electron chi connectivity index (χ1n) is 8.68. The number of aromatic nitrogens is 2. The lowest BCUT2D eigenvalue weighted by atomic mass is 10.2. The van der Waals surface area contributed by atoms with Gasteiger partial charge in [-0.1, -0.05) is 18.2 Å². The molecule has 0 aliphatic heterocycles. The number of benzene rings is 2. The standard InChI is InChI=1S/C20H21N3O4/c1-23-17-9-3-2-8-16(17)22-18(23)10-5-11-21-20(26)14-6-4-7-15(12-14)27-13-19(24)25/h2-4,6-9,12H,5,10-11,13H2,1H3,(H,21,26)(H,24,25). The van der Waals surface area contributed by atoms with E-state index in [1.54, 1.807) is 18.2 Å². The minimum Gasteiger partial charge on any atom is -0.482 e. The van der Waals surface area contributed by atoms with Crippen molar-refractivity contribution in [2.24, 2.45) is 7.05 Å². The Morgan fingerprint density at radius 1 is 1.19 bits per heavy atom. The van der Waals surface area contributed by atoms with Crippen LogP contribution in [0, 0.1) is 0 Å². The Balaban J connectivity index is 1.51. The third kappa shape index (κ3) is 4.63. The van der Waals surface area contributed by atoms with Crippen LogP contribution < -0.4 is 10.1 Å². The number of hydrogen-bond donors (Lipinski definition) is 2. The van der Waals surface area contributed by atoms with Crippen LogP contribution in [0.4, 0.5) is 0 Å². The van der Waals surface area contributed by atoms with Crippen LogP contribution in [0.2, 0.25) is 0 Å². The summed E-state index contributed by atoms with van der Waals surface area (Å²) in [6, 6.07) is 14.4. The molecule has 1 amide bonds. The Kier molecular flexibility index (Phi) is 5.71. The van der Waals surface area contributed by atoms with Crippen molar-refractivity contribution >= 4 is 22.9 Å². The van der Waals surface area contributed by atoms with Crippen LogP contribution in [0.15, 0.2) is 48.5 Å². The number of amides is 1. The van der Waals surface area contributed by atoms with E-state index in [1.165, 1.54) is 6.07 Å². The SMILES string of the molecule is Cn1c(CCCNC(=O)c2cccc(OCC(=O)O)c2)nc2ccccc21. The number of carbonyl (C=O) groups is 2. The number of para-hydroxylation sites is 2. The number of nitrogens with one attached hydrogen (secondary N) is 1. The molecular weight excluding hydrogens is 346 g/mol. The normalized spacial score (nSPS) is 10.7. The number of imidazole rings is 1. The Morgan fingerprint density at radius 2 is 2.00 bits per heavy atom. The summed E-state index contributed by atoms with van der Waals surface area (Å²) < 4.78 is 7.16. The highest BCUT2D eigenvalue weighted by atomic mass is 16.5. The number of hydrogen-bond acceptors (Lipinski definition) is 4. The summed E-state index contributed by atoms with van der Waals surface area (Å²) in [6.45, 7) is 0.0747. The van der Waals surface area contributed by atoms with E-state index in [0.29, 0.717) is 17.9 Å². The maximum atomic E-state index is 12.3. The molecule has 3 rings (SSSR count). The summed E-state index contributed by atoms with van der Waals surface area (Å²) in [5.74, 6) is 0.0480. The summed E-state index contributed by atoms with van der Waals surface area (Å²) in [6.07, 6.45) is 1.52. The molecule has 0 aliphatic rings. The third-order valence-corrected chi connectivity index (χ3v) is 4.20. The van der Waals surface area contributed by atoms with Gasteiger partial charge < -0.3 is 19.7 Å². The fourth-order valence-corrected chi connectivity index (χ4v) is 2.84. The van der Waals surface area contributed by atoms with Crippen LogP contribution in [-0.4, -0.2) is 39.7 Å². The molecule has 0 saturated heterocycles. The first-order valence-corrected chi connectivity index (χ1v) is 8.68. The van der Waals surface area contributed by atoms with E-state index in [-0.39, 0.29) is 5.91 Å². The molecule has 1 aromatic heterocycles. The number of carboxylic acid groups (broad SMARTS) is 1. The molecule has 27 heavy (non-hydrogen) atoms. The smallest absolute Gasteiger partial charge is 0.341 e. The fourth-order valence-electron chi connectivity index (χ4n) is 2.84. The van der Waals surface area contributed by atoms with Crippen molar-refractivity contribution in [3.63, 3.8) is 0 Å². The van der Waals surface area contributed by atoms with Crippen molar-refractivity contribution in [3.05, 3.63) is 59.9 Å². The average Bonchev–Trinajstić information content (AvgIpc) is 3.00. The highest BCUT2D eigenvalue weighted by Crippen LogP contribution is 2.15. The molecule has 0 saturated carbocycles. The van der Waals surface area contributed by atoms with Gasteiger partial charge in [0.15, 0.2) is 6.61 Å². The van der Waals surface area contributed by atoms with Crippen LogP contribution >= 0.6 is 0 Å². The highest BCUT2D eigenvalue weighted by molar-refractivity contribution is 5.94. The highest BCUT2D eigenvalue weighted by Gasteiger charge is 2.09. The van der Waals surface area contributed by atoms with E-state index in [4.69, 9.17) is 9.84 Å². The van der Waals surface area contributed by atoms with Crippen molar-refractivity contribution < 1.29 is 19.4 Å². The molecule has 0 bridgehead atoms. The van der Waals surface area contributed by atoms with Gasteiger partial charge in [0.1, 0.15) is 11.6 Å². The zero-order valence-corrected chi connectivity index (χ0v) is 15.0. The van der Waals surface area contributed by atoms with E-state index in [0.717, 1.165) is 29.7 Å². The van der Waals surface area contributed by atoms with E-state index < -0.39 is 12.6 Å². The minimum absolute atomic E-state index is 0.222. The van der Waals surface area contributed by atoms with Gasteiger partial charge in [-0.15, -0.1) is 0 Å². The summed E-state index contributed by atoms with van der Waals surface area (Å²) in [5, 5.41) is 11.5. The van der Waals surface area contributed by atoms with Crippen LogP contribution in [-0.2, 0) is 18.3 Å². The van der Waals surface area contributed by atoms with Gasteiger partial charge in [-0.2, -0.15) is 0 Å². The molecule has 7 heteroatoms. The monoisotopic (exact) mass is 367 g/mol. The Bertz CT molecular complexity index is 965. The van der Waals surface area contributed by atoms with Crippen molar-refractivity contribution in [3.8, 4) is 5.75 Å². The molecule has 2 N–H and O–H groups in total. The lowest BCUT2D eigenvalue weighted by molar-refractivity contribution is -0.139. The van der Waals surface area contributed by atoms with Gasteiger partial charge in [0.25, 0.3) is 5.91 Å². The number of aliphatic carboxylic acids is 1. The van der Waals surface area contributed by atoms with Gasteiger partial charge in [0, 0.05) is 25.6 Å². The van der Waals surface area contributed by atoms with Crippen LogP contribution in [0.5, 0.6) is 5.75 Å². The summed E-state index contributed by atoms with van der Waals surface area (Å²) >= 11 is 0. The van der Waals surface area contributed by atoms with Crippen molar-refractivity contribution in [1.82, 2.24) is 14.9 Å². The van der Waals surface area contributed by atoms with Crippen LogP contribution in [0.3, 0.4) is 0 Å². The number of aryl methyl sites for hydroxylation is 2. The number of rotatable bonds is 8. The first-order chi connectivity index (χ1) is 13.0. The molecule has 2 aromatic carbocycles. The number of nitrogens with zero attached hydrogens (tertiary/aromatic N) is 2. The van der Waals surface area contributed by atoms with Crippen molar-refractivity contribution in [1.29, 1.82) is 0 Å². The molecular formula is C20H21N3O4. The number of carboxylic acids is 1. The van der Waals surface area contributed by atoms with Gasteiger partial charge in [-0.3, -0.25) is 4.79 Å². The molecule has 3 aromatic rings. The fraction of sp³-hybridized carbons (Fsp3) is 0.250. The maximum absolute atomic E-state index is 12.3. The predicted octanol–water partition coefficient (Wildman–Crippen LogP) is 2.40. The second-order valence-corrected chi connectivity index (χ2v) is 6.15. The topological polar surface area (TPSA) is 93.5 Å². The molecule has 7 nitrogen and oxygen atoms in total. The lowest BCUT2D eigenvalue weighted by Gasteiger charge is -2.08. The second kappa shape index (κ2) is 8.35. The third-order valence-electron chi connectivity index (χ3n) is 4.20. The molecule has 0 spiro atoms. The molecule has 0 atom stereocenters. The Hall–Kier alpha value is -3.35. The van der Waals surface area contributed by atoms with Crippen molar-refractivity contribution in [2.75, 3.05) is 13.2 Å². The first kappa shape index (κ1) is 18.4. The van der Waals surface area contributed by atoms with Crippen LogP contribution in [0.25, 0.3) is 11.0 Å². The number of fused-ring (bicyclic) bond motifs is 1. The average molecular weight is 367 g/mol. The quantitative estimate of drug-likeness (QED) is 0.596.